The number of nitro groups is 1. The van der Waals surface area contributed by atoms with Crippen molar-refractivity contribution >= 4 is 40.8 Å². The van der Waals surface area contributed by atoms with Crippen LogP contribution in [0.25, 0.3) is 0 Å². The zero-order chi connectivity index (χ0) is 22.9. The zero-order valence-electron chi connectivity index (χ0n) is 16.4. The summed E-state index contributed by atoms with van der Waals surface area (Å²) < 4.78 is 5.17. The number of amides is 1. The van der Waals surface area contributed by atoms with Crippen LogP contribution in [-0.2, 0) is 4.79 Å². The number of carbonyl (C=O) groups is 1. The summed E-state index contributed by atoms with van der Waals surface area (Å²) in [5.41, 5.74) is 3.16. The standard InChI is InChI=1S/C21H16ClN5O5/c22-16-5-1-2-6-17(16)25-24-15-9-10-19(28)14(11-15)12-23-26-21(29)13-32-20-8-4-3-7-18(20)27(30)31/h1-12,28H,13H2,(H,26,29). The Morgan fingerprint density at radius 2 is 1.88 bits per heavy atom. The van der Waals surface area contributed by atoms with Crippen molar-refractivity contribution in [1.29, 1.82) is 0 Å². The molecule has 0 bridgehead atoms. The van der Waals surface area contributed by atoms with Crippen molar-refractivity contribution in [3.63, 3.8) is 0 Å². The van der Waals surface area contributed by atoms with Crippen molar-refractivity contribution in [3.05, 3.63) is 87.4 Å². The van der Waals surface area contributed by atoms with E-state index in [0.29, 0.717) is 16.4 Å². The van der Waals surface area contributed by atoms with Crippen LogP contribution in [0, 0.1) is 10.1 Å². The lowest BCUT2D eigenvalue weighted by Crippen LogP contribution is -2.24. The van der Waals surface area contributed by atoms with Crippen LogP contribution in [0.2, 0.25) is 5.02 Å². The predicted molar refractivity (Wildman–Crippen MR) is 118 cm³/mol. The third kappa shape index (κ3) is 6.09. The fraction of sp³-hybridized carbons (Fsp3) is 0.0476. The summed E-state index contributed by atoms with van der Waals surface area (Å²) in [5.74, 6) is -0.768. The van der Waals surface area contributed by atoms with Gasteiger partial charge in [0, 0.05) is 11.6 Å². The number of hydrogen-bond donors (Lipinski definition) is 2. The number of benzene rings is 3. The quantitative estimate of drug-likeness (QED) is 0.216. The van der Waals surface area contributed by atoms with Gasteiger partial charge in [0.15, 0.2) is 12.4 Å². The normalized spacial score (nSPS) is 11.0. The van der Waals surface area contributed by atoms with E-state index < -0.39 is 17.4 Å². The van der Waals surface area contributed by atoms with E-state index in [4.69, 9.17) is 16.3 Å². The number of rotatable bonds is 8. The summed E-state index contributed by atoms with van der Waals surface area (Å²) in [6.45, 7) is -0.486. The molecule has 0 saturated carbocycles. The number of phenols is 1. The molecule has 0 atom stereocenters. The highest BCUT2D eigenvalue weighted by molar-refractivity contribution is 6.32. The van der Waals surface area contributed by atoms with Crippen molar-refractivity contribution < 1.29 is 19.6 Å². The maximum absolute atomic E-state index is 11.9. The SMILES string of the molecule is O=C(COc1ccccc1[N+](=O)[O-])NN=Cc1cc(N=Nc2ccccc2Cl)ccc1O. The Hall–Kier alpha value is -4.31. The first-order valence-electron chi connectivity index (χ1n) is 9.11. The molecule has 3 rings (SSSR count). The molecule has 0 unspecified atom stereocenters. The minimum Gasteiger partial charge on any atom is -0.507 e. The predicted octanol–water partition coefficient (Wildman–Crippen LogP) is 4.90. The molecule has 0 aliphatic rings. The Labute approximate surface area is 187 Å². The molecule has 11 heteroatoms. The summed E-state index contributed by atoms with van der Waals surface area (Å²) in [7, 11) is 0. The summed E-state index contributed by atoms with van der Waals surface area (Å²) in [5, 5.41) is 33.3. The molecule has 3 aromatic rings. The van der Waals surface area contributed by atoms with E-state index in [-0.39, 0.29) is 22.7 Å². The van der Waals surface area contributed by atoms with Gasteiger partial charge in [0.1, 0.15) is 11.4 Å². The van der Waals surface area contributed by atoms with Crippen molar-refractivity contribution in [2.75, 3.05) is 6.61 Å². The van der Waals surface area contributed by atoms with Crippen LogP contribution in [0.5, 0.6) is 11.5 Å². The highest BCUT2D eigenvalue weighted by Gasteiger charge is 2.14. The Morgan fingerprint density at radius 1 is 1.12 bits per heavy atom. The molecule has 0 aliphatic carbocycles. The number of halogens is 1. The lowest BCUT2D eigenvalue weighted by Gasteiger charge is -2.05. The van der Waals surface area contributed by atoms with Gasteiger partial charge >= 0.3 is 5.69 Å². The minimum atomic E-state index is -0.645. The number of hydrogen-bond acceptors (Lipinski definition) is 8. The molecule has 0 heterocycles. The van der Waals surface area contributed by atoms with Crippen LogP contribution in [0.1, 0.15) is 5.56 Å². The first-order valence-corrected chi connectivity index (χ1v) is 9.49. The summed E-state index contributed by atoms with van der Waals surface area (Å²) in [6.07, 6.45) is 1.21. The largest absolute Gasteiger partial charge is 0.507 e. The van der Waals surface area contributed by atoms with E-state index in [2.05, 4.69) is 20.8 Å². The molecule has 0 aromatic heterocycles. The summed E-state index contributed by atoms with van der Waals surface area (Å²) in [6, 6.07) is 17.1. The molecule has 0 saturated heterocycles. The first-order chi connectivity index (χ1) is 15.4. The number of nitro benzene ring substituents is 1. The molecule has 1 amide bonds. The summed E-state index contributed by atoms with van der Waals surface area (Å²) >= 11 is 6.04. The van der Waals surface area contributed by atoms with Crippen molar-refractivity contribution in [2.45, 2.75) is 0 Å². The van der Waals surface area contributed by atoms with Gasteiger partial charge in [-0.3, -0.25) is 14.9 Å². The number of azo groups is 1. The van der Waals surface area contributed by atoms with E-state index in [0.717, 1.165) is 0 Å². The second-order valence-corrected chi connectivity index (χ2v) is 6.61. The van der Waals surface area contributed by atoms with Gasteiger partial charge in [-0.05, 0) is 36.4 Å². The number of nitrogens with zero attached hydrogens (tertiary/aromatic N) is 4. The third-order valence-electron chi connectivity index (χ3n) is 3.95. The van der Waals surface area contributed by atoms with Crippen LogP contribution < -0.4 is 10.2 Å². The number of aromatic hydroxyl groups is 1. The van der Waals surface area contributed by atoms with Crippen molar-refractivity contribution in [3.8, 4) is 11.5 Å². The zero-order valence-corrected chi connectivity index (χ0v) is 17.1. The number of phenolic OH excluding ortho intramolecular Hbond substituents is 1. The number of ether oxygens (including phenoxy) is 1. The highest BCUT2D eigenvalue weighted by Crippen LogP contribution is 2.28. The van der Waals surface area contributed by atoms with Crippen molar-refractivity contribution in [1.82, 2.24) is 5.43 Å². The lowest BCUT2D eigenvalue weighted by molar-refractivity contribution is -0.385. The van der Waals surface area contributed by atoms with E-state index in [1.54, 1.807) is 36.4 Å². The fourth-order valence-electron chi connectivity index (χ4n) is 2.43. The average molecular weight is 454 g/mol. The van der Waals surface area contributed by atoms with Gasteiger partial charge in [-0.2, -0.15) is 10.2 Å². The molecule has 3 aromatic carbocycles. The van der Waals surface area contributed by atoms with Gasteiger partial charge in [0.2, 0.25) is 0 Å². The molecular weight excluding hydrogens is 438 g/mol. The molecule has 162 valence electrons. The van der Waals surface area contributed by atoms with Crippen LogP contribution in [0.3, 0.4) is 0 Å². The Morgan fingerprint density at radius 3 is 2.66 bits per heavy atom. The van der Waals surface area contributed by atoms with Gasteiger partial charge in [-0.1, -0.05) is 35.9 Å². The number of carbonyl (C=O) groups excluding carboxylic acids is 1. The highest BCUT2D eigenvalue weighted by atomic mass is 35.5. The van der Waals surface area contributed by atoms with Gasteiger partial charge < -0.3 is 9.84 Å². The number of para-hydroxylation sites is 2. The molecule has 0 spiro atoms. The van der Waals surface area contributed by atoms with E-state index in [1.165, 1.54) is 36.5 Å². The van der Waals surface area contributed by atoms with E-state index >= 15 is 0 Å². The smallest absolute Gasteiger partial charge is 0.310 e. The molecule has 0 radical (unpaired) electrons. The van der Waals surface area contributed by atoms with Gasteiger partial charge in [-0.15, -0.1) is 5.11 Å². The van der Waals surface area contributed by atoms with Gasteiger partial charge in [0.05, 0.1) is 21.8 Å². The first kappa shape index (κ1) is 22.4. The van der Waals surface area contributed by atoms with Crippen LogP contribution in [0.4, 0.5) is 17.1 Å². The maximum atomic E-state index is 11.9. The van der Waals surface area contributed by atoms with Crippen LogP contribution >= 0.6 is 11.6 Å². The molecule has 10 nitrogen and oxygen atoms in total. The molecular formula is C21H16ClN5O5. The Bertz CT molecular complexity index is 1200. The molecule has 2 N–H and O–H groups in total. The van der Waals surface area contributed by atoms with Gasteiger partial charge in [-0.25, -0.2) is 5.43 Å². The molecule has 0 fully saturated rings. The van der Waals surface area contributed by atoms with E-state index in [9.17, 15) is 20.0 Å². The van der Waals surface area contributed by atoms with Crippen LogP contribution in [-0.4, -0.2) is 28.8 Å². The fourth-order valence-corrected chi connectivity index (χ4v) is 2.60. The maximum Gasteiger partial charge on any atom is 0.310 e. The lowest BCUT2D eigenvalue weighted by atomic mass is 10.2. The van der Waals surface area contributed by atoms with E-state index in [1.807, 2.05) is 0 Å². The minimum absolute atomic E-state index is 0.0362. The Balaban J connectivity index is 1.60. The second-order valence-electron chi connectivity index (χ2n) is 6.20. The van der Waals surface area contributed by atoms with Gasteiger partial charge in [0.25, 0.3) is 5.91 Å². The topological polar surface area (TPSA) is 139 Å². The summed E-state index contributed by atoms with van der Waals surface area (Å²) in [4.78, 5) is 22.3. The average Bonchev–Trinajstić information content (AvgIpc) is 2.79. The number of hydrazone groups is 1. The molecule has 0 aliphatic heterocycles. The number of nitrogens with one attached hydrogen (secondary N) is 1. The second kappa shape index (κ2) is 10.6. The van der Waals surface area contributed by atoms with Crippen molar-refractivity contribution in [2.24, 2.45) is 15.3 Å². The van der Waals surface area contributed by atoms with Crippen LogP contribution in [0.15, 0.2) is 82.1 Å². The molecule has 32 heavy (non-hydrogen) atoms. The monoisotopic (exact) mass is 453 g/mol. The third-order valence-corrected chi connectivity index (χ3v) is 4.27. The Kier molecular flexibility index (Phi) is 7.44.